The SMILES string of the molecule is COc1cc(-c2nc(NN)cc(C(C)C)n2)ncn1. The monoisotopic (exact) mass is 260 g/mol. The molecule has 0 atom stereocenters. The maximum absolute atomic E-state index is 5.42. The molecule has 0 spiro atoms. The lowest BCUT2D eigenvalue weighted by molar-refractivity contribution is 0.397. The topological polar surface area (TPSA) is 98.8 Å². The van der Waals surface area contributed by atoms with Crippen molar-refractivity contribution in [3.63, 3.8) is 0 Å². The second kappa shape index (κ2) is 5.57. The van der Waals surface area contributed by atoms with Crippen molar-refractivity contribution in [1.29, 1.82) is 0 Å². The Morgan fingerprint density at radius 1 is 1.21 bits per heavy atom. The third-order valence-corrected chi connectivity index (χ3v) is 2.57. The van der Waals surface area contributed by atoms with Crippen LogP contribution in [0.4, 0.5) is 5.82 Å². The van der Waals surface area contributed by atoms with Gasteiger partial charge in [-0.05, 0) is 5.92 Å². The number of ether oxygens (including phenoxy) is 1. The third-order valence-electron chi connectivity index (χ3n) is 2.57. The molecule has 0 amide bonds. The number of hydrogen-bond acceptors (Lipinski definition) is 7. The van der Waals surface area contributed by atoms with Gasteiger partial charge in [0.2, 0.25) is 5.88 Å². The summed E-state index contributed by atoms with van der Waals surface area (Å²) in [6.45, 7) is 4.10. The zero-order chi connectivity index (χ0) is 13.8. The van der Waals surface area contributed by atoms with Crippen LogP contribution >= 0.6 is 0 Å². The molecule has 0 aromatic carbocycles. The number of nitrogens with one attached hydrogen (secondary N) is 1. The largest absolute Gasteiger partial charge is 0.481 e. The van der Waals surface area contributed by atoms with Crippen LogP contribution in [-0.2, 0) is 0 Å². The summed E-state index contributed by atoms with van der Waals surface area (Å²) in [7, 11) is 1.55. The van der Waals surface area contributed by atoms with E-state index in [4.69, 9.17) is 10.6 Å². The Morgan fingerprint density at radius 3 is 2.63 bits per heavy atom. The molecule has 2 heterocycles. The van der Waals surface area contributed by atoms with E-state index in [9.17, 15) is 0 Å². The average Bonchev–Trinajstić information content (AvgIpc) is 2.46. The number of hydrogen-bond donors (Lipinski definition) is 2. The van der Waals surface area contributed by atoms with Crippen LogP contribution < -0.4 is 16.0 Å². The number of hydrazine groups is 1. The lowest BCUT2D eigenvalue weighted by atomic mass is 10.1. The van der Waals surface area contributed by atoms with Crippen LogP contribution in [0.2, 0.25) is 0 Å². The van der Waals surface area contributed by atoms with Gasteiger partial charge in [-0.15, -0.1) is 0 Å². The Kier molecular flexibility index (Phi) is 3.86. The highest BCUT2D eigenvalue weighted by molar-refractivity contribution is 5.54. The quantitative estimate of drug-likeness (QED) is 0.632. The molecular formula is C12H16N6O. The van der Waals surface area contributed by atoms with E-state index in [1.165, 1.54) is 6.33 Å². The van der Waals surface area contributed by atoms with Crippen molar-refractivity contribution in [3.8, 4) is 17.4 Å². The second-order valence-corrected chi connectivity index (χ2v) is 4.25. The number of nitrogen functional groups attached to an aromatic ring is 1. The highest BCUT2D eigenvalue weighted by atomic mass is 16.5. The number of nitrogens with two attached hydrogens (primary N) is 1. The molecule has 0 unspecified atom stereocenters. The first-order chi connectivity index (χ1) is 9.13. The molecule has 7 nitrogen and oxygen atoms in total. The summed E-state index contributed by atoms with van der Waals surface area (Å²) >= 11 is 0. The van der Waals surface area contributed by atoms with Crippen LogP contribution in [0.3, 0.4) is 0 Å². The van der Waals surface area contributed by atoms with Gasteiger partial charge in [-0.1, -0.05) is 13.8 Å². The van der Waals surface area contributed by atoms with Crippen molar-refractivity contribution < 1.29 is 4.74 Å². The molecule has 0 saturated heterocycles. The van der Waals surface area contributed by atoms with Gasteiger partial charge < -0.3 is 10.2 Å². The van der Waals surface area contributed by atoms with Gasteiger partial charge in [0.05, 0.1) is 7.11 Å². The first-order valence-corrected chi connectivity index (χ1v) is 5.86. The van der Waals surface area contributed by atoms with Crippen molar-refractivity contribution in [3.05, 3.63) is 24.2 Å². The summed E-state index contributed by atoms with van der Waals surface area (Å²) in [6, 6.07) is 3.49. The maximum Gasteiger partial charge on any atom is 0.216 e. The van der Waals surface area contributed by atoms with Gasteiger partial charge in [0.1, 0.15) is 17.8 Å². The molecule has 2 aromatic heterocycles. The summed E-state index contributed by atoms with van der Waals surface area (Å²) in [5.41, 5.74) is 4.01. The minimum atomic E-state index is 0.262. The highest BCUT2D eigenvalue weighted by Crippen LogP contribution is 2.21. The van der Waals surface area contributed by atoms with Gasteiger partial charge in [0.15, 0.2) is 5.82 Å². The Hall–Kier alpha value is -2.28. The molecule has 0 aliphatic heterocycles. The average molecular weight is 260 g/mol. The van der Waals surface area contributed by atoms with E-state index in [1.54, 1.807) is 13.2 Å². The van der Waals surface area contributed by atoms with Crippen LogP contribution in [-0.4, -0.2) is 27.0 Å². The Labute approximate surface area is 111 Å². The van der Waals surface area contributed by atoms with E-state index >= 15 is 0 Å². The summed E-state index contributed by atoms with van der Waals surface area (Å²) in [5.74, 6) is 7.18. The molecule has 19 heavy (non-hydrogen) atoms. The zero-order valence-corrected chi connectivity index (χ0v) is 11.1. The van der Waals surface area contributed by atoms with Crippen molar-refractivity contribution in [2.45, 2.75) is 19.8 Å². The van der Waals surface area contributed by atoms with Crippen molar-refractivity contribution in [1.82, 2.24) is 19.9 Å². The van der Waals surface area contributed by atoms with E-state index in [0.717, 1.165) is 5.69 Å². The Bertz CT molecular complexity index is 572. The van der Waals surface area contributed by atoms with Gasteiger partial charge in [-0.2, -0.15) is 0 Å². The first kappa shape index (κ1) is 13.2. The normalized spacial score (nSPS) is 10.6. The molecule has 0 aliphatic carbocycles. The summed E-state index contributed by atoms with van der Waals surface area (Å²) < 4.78 is 5.06. The summed E-state index contributed by atoms with van der Waals surface area (Å²) in [5, 5.41) is 0. The maximum atomic E-state index is 5.42. The molecule has 100 valence electrons. The fourth-order valence-corrected chi connectivity index (χ4v) is 1.52. The number of aromatic nitrogens is 4. The zero-order valence-electron chi connectivity index (χ0n) is 11.1. The molecule has 0 saturated carbocycles. The van der Waals surface area contributed by atoms with Gasteiger partial charge >= 0.3 is 0 Å². The number of rotatable bonds is 4. The van der Waals surface area contributed by atoms with Gasteiger partial charge in [-0.25, -0.2) is 25.8 Å². The van der Waals surface area contributed by atoms with Gasteiger partial charge in [0, 0.05) is 17.8 Å². The number of anilines is 1. The van der Waals surface area contributed by atoms with E-state index in [2.05, 4.69) is 25.4 Å². The van der Waals surface area contributed by atoms with Crippen LogP contribution in [0.25, 0.3) is 11.5 Å². The fourth-order valence-electron chi connectivity index (χ4n) is 1.52. The lowest BCUT2D eigenvalue weighted by Crippen LogP contribution is -2.11. The number of methoxy groups -OCH3 is 1. The molecule has 3 N–H and O–H groups in total. The van der Waals surface area contributed by atoms with Crippen LogP contribution in [0.15, 0.2) is 18.5 Å². The van der Waals surface area contributed by atoms with Crippen molar-refractivity contribution >= 4 is 5.82 Å². The van der Waals surface area contributed by atoms with Gasteiger partial charge in [0.25, 0.3) is 0 Å². The lowest BCUT2D eigenvalue weighted by Gasteiger charge is -2.09. The van der Waals surface area contributed by atoms with E-state index in [1.807, 2.05) is 19.9 Å². The van der Waals surface area contributed by atoms with E-state index in [-0.39, 0.29) is 5.92 Å². The molecule has 0 bridgehead atoms. The number of nitrogens with zero attached hydrogens (tertiary/aromatic N) is 4. The van der Waals surface area contributed by atoms with Crippen molar-refractivity contribution in [2.75, 3.05) is 12.5 Å². The summed E-state index contributed by atoms with van der Waals surface area (Å²) in [4.78, 5) is 16.9. The van der Waals surface area contributed by atoms with Crippen LogP contribution in [0, 0.1) is 0 Å². The van der Waals surface area contributed by atoms with Crippen LogP contribution in [0.5, 0.6) is 5.88 Å². The fraction of sp³-hybridized carbons (Fsp3) is 0.333. The minimum absolute atomic E-state index is 0.262. The van der Waals surface area contributed by atoms with Gasteiger partial charge in [-0.3, -0.25) is 0 Å². The Morgan fingerprint density at radius 2 is 2.00 bits per heavy atom. The highest BCUT2D eigenvalue weighted by Gasteiger charge is 2.11. The molecule has 2 aromatic rings. The smallest absolute Gasteiger partial charge is 0.216 e. The van der Waals surface area contributed by atoms with E-state index in [0.29, 0.717) is 23.2 Å². The molecule has 7 heteroatoms. The molecule has 2 rings (SSSR count). The predicted molar refractivity (Wildman–Crippen MR) is 71.5 cm³/mol. The molecule has 0 fully saturated rings. The van der Waals surface area contributed by atoms with E-state index < -0.39 is 0 Å². The standard InChI is InChI=1S/C12H16N6O/c1-7(2)8-4-10(18-13)17-12(16-8)9-5-11(19-3)15-6-14-9/h4-7H,13H2,1-3H3,(H,16,17,18). The summed E-state index contributed by atoms with van der Waals surface area (Å²) in [6.07, 6.45) is 1.41. The van der Waals surface area contributed by atoms with Crippen LogP contribution in [0.1, 0.15) is 25.5 Å². The molecule has 0 aliphatic rings. The molecule has 0 radical (unpaired) electrons. The Balaban J connectivity index is 2.50. The third kappa shape index (κ3) is 2.94. The minimum Gasteiger partial charge on any atom is -0.481 e. The predicted octanol–water partition coefficient (Wildman–Crippen LogP) is 1.35. The second-order valence-electron chi connectivity index (χ2n) is 4.25. The van der Waals surface area contributed by atoms with Crippen molar-refractivity contribution in [2.24, 2.45) is 5.84 Å². The first-order valence-electron chi connectivity index (χ1n) is 5.86. The molecular weight excluding hydrogens is 244 g/mol.